The Balaban J connectivity index is 1.87. The van der Waals surface area contributed by atoms with Crippen LogP contribution in [0.1, 0.15) is 30.9 Å². The molecular weight excluding hydrogens is 424 g/mol. The summed E-state index contributed by atoms with van der Waals surface area (Å²) in [6, 6.07) is 17.4. The van der Waals surface area contributed by atoms with Crippen molar-refractivity contribution in [1.82, 2.24) is 10.2 Å². The molecule has 8 heteroatoms. The molecule has 176 valence electrons. The summed E-state index contributed by atoms with van der Waals surface area (Å²) in [5.41, 5.74) is 0.432. The number of aliphatic hydroxyl groups excluding tert-OH is 1. The van der Waals surface area contributed by atoms with E-state index in [4.69, 9.17) is 9.47 Å². The lowest BCUT2D eigenvalue weighted by Crippen LogP contribution is -2.62. The van der Waals surface area contributed by atoms with E-state index in [-0.39, 0.29) is 13.0 Å². The van der Waals surface area contributed by atoms with Crippen molar-refractivity contribution in [3.8, 4) is 0 Å². The van der Waals surface area contributed by atoms with E-state index in [2.05, 4.69) is 5.32 Å². The lowest BCUT2D eigenvalue weighted by molar-refractivity contribution is -0.149. The van der Waals surface area contributed by atoms with Crippen LogP contribution in [-0.4, -0.2) is 59.3 Å². The number of ether oxygens (including phenoxy) is 2. The minimum atomic E-state index is -1.27. The van der Waals surface area contributed by atoms with Gasteiger partial charge in [-0.25, -0.2) is 9.59 Å². The smallest absolute Gasteiger partial charge is 0.411 e. The lowest BCUT2D eigenvalue weighted by Gasteiger charge is -2.37. The van der Waals surface area contributed by atoms with Crippen molar-refractivity contribution in [3.05, 3.63) is 71.8 Å². The van der Waals surface area contributed by atoms with Gasteiger partial charge in [0.25, 0.3) is 0 Å². The van der Waals surface area contributed by atoms with E-state index in [9.17, 15) is 19.5 Å². The first-order valence-corrected chi connectivity index (χ1v) is 11.0. The van der Waals surface area contributed by atoms with Crippen molar-refractivity contribution < 1.29 is 29.0 Å². The zero-order chi connectivity index (χ0) is 23.8. The molecule has 1 aliphatic rings. The Morgan fingerprint density at radius 3 is 2.24 bits per heavy atom. The summed E-state index contributed by atoms with van der Waals surface area (Å²) in [7, 11) is 1.19. The molecule has 2 aromatic rings. The van der Waals surface area contributed by atoms with Crippen LogP contribution in [-0.2, 0) is 32.1 Å². The number of carbonyl (C=O) groups is 3. The normalized spacial score (nSPS) is 19.4. The van der Waals surface area contributed by atoms with Gasteiger partial charge in [-0.15, -0.1) is 0 Å². The first-order valence-electron chi connectivity index (χ1n) is 11.0. The van der Waals surface area contributed by atoms with E-state index < -0.39 is 35.7 Å². The Bertz CT molecular complexity index is 950. The summed E-state index contributed by atoms with van der Waals surface area (Å²) < 4.78 is 10.3. The van der Waals surface area contributed by atoms with E-state index in [1.165, 1.54) is 18.9 Å². The van der Waals surface area contributed by atoms with Crippen LogP contribution in [0, 0.1) is 0 Å². The Kier molecular flexibility index (Phi) is 8.06. The predicted octanol–water partition coefficient (Wildman–Crippen LogP) is 2.44. The number of carbonyl (C=O) groups excluding carboxylic acids is 3. The van der Waals surface area contributed by atoms with Crippen LogP contribution in [0.4, 0.5) is 4.79 Å². The molecule has 3 atom stereocenters. The molecule has 1 aliphatic heterocycles. The highest BCUT2D eigenvalue weighted by Crippen LogP contribution is 2.34. The standard InChI is InChI=1S/C25H30N2O6/c1-18(28)21(22(29)32-2)26-23(30)25(16-19-10-5-3-6-11-19)14-9-15-27(25)24(31)33-17-20-12-7-4-8-13-20/h3-8,10-13,18,21,28H,9,14-17H2,1-2H3,(H,26,30)/t18-,21+,25?/m0/s1. The molecule has 0 radical (unpaired) electrons. The number of rotatable bonds is 8. The number of hydrogen-bond acceptors (Lipinski definition) is 6. The van der Waals surface area contributed by atoms with Crippen molar-refractivity contribution in [2.45, 2.75) is 50.5 Å². The van der Waals surface area contributed by atoms with Gasteiger partial charge < -0.3 is 19.9 Å². The topological polar surface area (TPSA) is 105 Å². The van der Waals surface area contributed by atoms with Crippen LogP contribution in [0.3, 0.4) is 0 Å². The first kappa shape index (κ1) is 24.3. The van der Waals surface area contributed by atoms with E-state index in [1.807, 2.05) is 60.7 Å². The summed E-state index contributed by atoms with van der Waals surface area (Å²) in [5.74, 6) is -1.29. The minimum Gasteiger partial charge on any atom is -0.467 e. The van der Waals surface area contributed by atoms with Crippen LogP contribution in [0.25, 0.3) is 0 Å². The highest BCUT2D eigenvalue weighted by Gasteiger charge is 2.51. The fourth-order valence-electron chi connectivity index (χ4n) is 4.15. The van der Waals surface area contributed by atoms with Crippen molar-refractivity contribution in [1.29, 1.82) is 0 Å². The van der Waals surface area contributed by atoms with Gasteiger partial charge in [0, 0.05) is 13.0 Å². The van der Waals surface area contributed by atoms with Crippen LogP contribution >= 0.6 is 0 Å². The Morgan fingerprint density at radius 2 is 1.67 bits per heavy atom. The zero-order valence-electron chi connectivity index (χ0n) is 18.9. The second-order valence-corrected chi connectivity index (χ2v) is 8.20. The average molecular weight is 455 g/mol. The monoisotopic (exact) mass is 454 g/mol. The van der Waals surface area contributed by atoms with Crippen molar-refractivity contribution in [2.24, 2.45) is 0 Å². The molecule has 2 amide bonds. The molecule has 0 aliphatic carbocycles. The molecule has 2 N–H and O–H groups in total. The van der Waals surface area contributed by atoms with Gasteiger partial charge in [-0.3, -0.25) is 9.69 Å². The fourth-order valence-corrected chi connectivity index (χ4v) is 4.15. The summed E-state index contributed by atoms with van der Waals surface area (Å²) in [6.07, 6.45) is -0.544. The molecule has 1 heterocycles. The largest absolute Gasteiger partial charge is 0.467 e. The van der Waals surface area contributed by atoms with Crippen molar-refractivity contribution in [3.63, 3.8) is 0 Å². The van der Waals surface area contributed by atoms with Gasteiger partial charge >= 0.3 is 12.1 Å². The quantitative estimate of drug-likeness (QED) is 0.594. The van der Waals surface area contributed by atoms with Gasteiger partial charge in [-0.1, -0.05) is 60.7 Å². The number of methoxy groups -OCH3 is 1. The van der Waals surface area contributed by atoms with Crippen molar-refractivity contribution in [2.75, 3.05) is 13.7 Å². The van der Waals surface area contributed by atoms with E-state index in [1.54, 1.807) is 0 Å². The molecule has 8 nitrogen and oxygen atoms in total. The second kappa shape index (κ2) is 11.0. The maximum atomic E-state index is 13.6. The molecule has 0 bridgehead atoms. The van der Waals surface area contributed by atoms with Crippen LogP contribution < -0.4 is 5.32 Å². The fraction of sp³-hybridized carbons (Fsp3) is 0.400. The van der Waals surface area contributed by atoms with E-state index in [0.29, 0.717) is 19.4 Å². The summed E-state index contributed by atoms with van der Waals surface area (Å²) >= 11 is 0. The molecule has 33 heavy (non-hydrogen) atoms. The van der Waals surface area contributed by atoms with Gasteiger partial charge in [-0.05, 0) is 30.9 Å². The van der Waals surface area contributed by atoms with Crippen molar-refractivity contribution >= 4 is 18.0 Å². The summed E-state index contributed by atoms with van der Waals surface area (Å²) in [4.78, 5) is 40.3. The van der Waals surface area contributed by atoms with Crippen LogP contribution in [0.5, 0.6) is 0 Å². The third-order valence-corrected chi connectivity index (χ3v) is 5.90. The Morgan fingerprint density at radius 1 is 1.06 bits per heavy atom. The van der Waals surface area contributed by atoms with Crippen LogP contribution in [0.15, 0.2) is 60.7 Å². The van der Waals surface area contributed by atoms with Gasteiger partial charge in [0.05, 0.1) is 13.2 Å². The molecule has 1 saturated heterocycles. The maximum Gasteiger partial charge on any atom is 0.411 e. The third kappa shape index (κ3) is 5.70. The second-order valence-electron chi connectivity index (χ2n) is 8.20. The number of amides is 2. The number of nitrogens with one attached hydrogen (secondary N) is 1. The number of hydrogen-bond donors (Lipinski definition) is 2. The number of esters is 1. The van der Waals surface area contributed by atoms with Gasteiger partial charge in [0.2, 0.25) is 5.91 Å². The average Bonchev–Trinajstić information content (AvgIpc) is 3.26. The number of nitrogens with zero attached hydrogens (tertiary/aromatic N) is 1. The molecule has 1 unspecified atom stereocenters. The van der Waals surface area contributed by atoms with Gasteiger partial charge in [0.1, 0.15) is 12.1 Å². The molecule has 2 aromatic carbocycles. The van der Waals surface area contributed by atoms with E-state index in [0.717, 1.165) is 11.1 Å². The van der Waals surface area contributed by atoms with Crippen LogP contribution in [0.2, 0.25) is 0 Å². The third-order valence-electron chi connectivity index (χ3n) is 5.90. The summed E-state index contributed by atoms with van der Waals surface area (Å²) in [5, 5.41) is 12.7. The SMILES string of the molecule is COC(=O)[C@H](NC(=O)C1(Cc2ccccc2)CCCN1C(=O)OCc1ccccc1)[C@H](C)O. The highest BCUT2D eigenvalue weighted by molar-refractivity contribution is 5.94. The summed E-state index contributed by atoms with van der Waals surface area (Å²) in [6.45, 7) is 1.81. The van der Waals surface area contributed by atoms with Gasteiger partial charge in [0.15, 0.2) is 6.04 Å². The molecule has 0 aromatic heterocycles. The van der Waals surface area contributed by atoms with E-state index >= 15 is 0 Å². The number of aliphatic hydroxyl groups is 1. The molecule has 3 rings (SSSR count). The van der Waals surface area contributed by atoms with Gasteiger partial charge in [-0.2, -0.15) is 0 Å². The molecule has 0 spiro atoms. The molecule has 0 saturated carbocycles. The Hall–Kier alpha value is -3.39. The Labute approximate surface area is 193 Å². The molecule has 1 fully saturated rings. The highest BCUT2D eigenvalue weighted by atomic mass is 16.6. The first-order chi connectivity index (χ1) is 15.9. The number of likely N-dealkylation sites (tertiary alicyclic amines) is 1. The number of benzene rings is 2. The zero-order valence-corrected chi connectivity index (χ0v) is 18.9. The molecular formula is C25H30N2O6. The predicted molar refractivity (Wildman–Crippen MR) is 121 cm³/mol. The maximum absolute atomic E-state index is 13.6. The minimum absolute atomic E-state index is 0.0810. The lowest BCUT2D eigenvalue weighted by atomic mass is 9.86.